The summed E-state index contributed by atoms with van der Waals surface area (Å²) >= 11 is 0. The SMILES string of the molecule is [2H]C1([2H])C([2H])([2H])C1([2H])C=O. The minimum atomic E-state index is -2.32. The molecule has 1 rings (SSSR count). The number of aldehydes is 1. The van der Waals surface area contributed by atoms with Crippen molar-refractivity contribution in [1.82, 2.24) is 0 Å². The van der Waals surface area contributed by atoms with Crippen LogP contribution < -0.4 is 0 Å². The standard InChI is InChI=1S/C4H6O/c5-3-4-1-2-4/h3-4H,1-2H2/i1D2,2D2,4D. The molecule has 0 aromatic carbocycles. The van der Waals surface area contributed by atoms with Gasteiger partial charge in [0.2, 0.25) is 0 Å². The molecule has 0 aromatic heterocycles. The van der Waals surface area contributed by atoms with Crippen LogP contribution in [0.5, 0.6) is 0 Å². The average molecular weight is 75.1 g/mol. The Morgan fingerprint density at radius 1 is 2.20 bits per heavy atom. The molecular weight excluding hydrogens is 64.0 g/mol. The second-order valence-electron chi connectivity index (χ2n) is 0.782. The maximum Gasteiger partial charge on any atom is 0.123 e. The molecular formula is C4H6O. The van der Waals surface area contributed by atoms with Crippen LogP contribution in [-0.2, 0) is 4.79 Å². The van der Waals surface area contributed by atoms with Gasteiger partial charge in [0, 0.05) is 12.7 Å². The molecule has 0 spiro atoms. The summed E-state index contributed by atoms with van der Waals surface area (Å²) in [6.45, 7) is 0. The molecule has 0 heterocycles. The summed E-state index contributed by atoms with van der Waals surface area (Å²) in [6.07, 6.45) is -4.61. The third-order valence-electron chi connectivity index (χ3n) is 0.387. The van der Waals surface area contributed by atoms with E-state index in [-0.39, 0.29) is 6.29 Å². The molecule has 0 bridgehead atoms. The van der Waals surface area contributed by atoms with E-state index in [0.29, 0.717) is 0 Å². The number of rotatable bonds is 1. The van der Waals surface area contributed by atoms with Gasteiger partial charge in [0.25, 0.3) is 0 Å². The third kappa shape index (κ3) is 0.469. The van der Waals surface area contributed by atoms with Crippen molar-refractivity contribution >= 4 is 6.29 Å². The van der Waals surface area contributed by atoms with Gasteiger partial charge in [-0.2, -0.15) is 0 Å². The van der Waals surface area contributed by atoms with Crippen molar-refractivity contribution < 1.29 is 11.6 Å². The fourth-order valence-corrected chi connectivity index (χ4v) is 0.0950. The van der Waals surface area contributed by atoms with E-state index in [9.17, 15) is 4.79 Å². The van der Waals surface area contributed by atoms with E-state index in [0.717, 1.165) is 0 Å². The van der Waals surface area contributed by atoms with Gasteiger partial charge < -0.3 is 4.79 Å². The fourth-order valence-electron chi connectivity index (χ4n) is 0.0950. The Kier molecular flexibility index (Phi) is 0.109. The van der Waals surface area contributed by atoms with Gasteiger partial charge in [0.15, 0.2) is 0 Å². The van der Waals surface area contributed by atoms with E-state index in [1.807, 2.05) is 0 Å². The minimum Gasteiger partial charge on any atom is -0.303 e. The van der Waals surface area contributed by atoms with Gasteiger partial charge in [0.05, 0.1) is 0 Å². The van der Waals surface area contributed by atoms with Gasteiger partial charge in [0.1, 0.15) is 6.29 Å². The lowest BCUT2D eigenvalue weighted by Gasteiger charge is -1.56. The molecule has 0 saturated heterocycles. The summed E-state index contributed by atoms with van der Waals surface area (Å²) in [6, 6.07) is 0. The first-order valence-electron chi connectivity index (χ1n) is 3.77. The first kappa shape index (κ1) is 0.673. The lowest BCUT2D eigenvalue weighted by molar-refractivity contribution is -0.108. The Morgan fingerprint density at radius 3 is 2.80 bits per heavy atom. The molecule has 0 amide bonds. The van der Waals surface area contributed by atoms with Crippen molar-refractivity contribution in [3.63, 3.8) is 0 Å². The lowest BCUT2D eigenvalue weighted by Crippen LogP contribution is -1.66. The summed E-state index contributed by atoms with van der Waals surface area (Å²) in [5.41, 5.74) is 0. The molecule has 1 aliphatic carbocycles. The molecule has 1 fully saturated rings. The zero-order chi connectivity index (χ0) is 8.21. The predicted octanol–water partition coefficient (Wildman–Crippen LogP) is 0.595. The van der Waals surface area contributed by atoms with Crippen LogP contribution in [0.3, 0.4) is 0 Å². The first-order chi connectivity index (χ1) is 4.31. The van der Waals surface area contributed by atoms with Gasteiger partial charge in [-0.15, -0.1) is 0 Å². The van der Waals surface area contributed by atoms with E-state index in [1.54, 1.807) is 0 Å². The summed E-state index contributed by atoms with van der Waals surface area (Å²) in [5, 5.41) is 0. The highest BCUT2D eigenvalue weighted by atomic mass is 16.1. The van der Waals surface area contributed by atoms with Crippen LogP contribution >= 0.6 is 0 Å². The molecule has 1 aliphatic rings. The lowest BCUT2D eigenvalue weighted by atomic mass is 10.5. The topological polar surface area (TPSA) is 17.1 Å². The van der Waals surface area contributed by atoms with Crippen LogP contribution in [-0.4, -0.2) is 6.29 Å². The third-order valence-corrected chi connectivity index (χ3v) is 0.387. The highest BCUT2D eigenvalue weighted by Crippen LogP contribution is 2.25. The second kappa shape index (κ2) is 0.814. The summed E-state index contributed by atoms with van der Waals surface area (Å²) in [4.78, 5) is 10.1. The van der Waals surface area contributed by atoms with Gasteiger partial charge in [-0.05, 0) is 12.7 Å². The molecule has 1 heteroatoms. The Hall–Kier alpha value is -0.330. The fraction of sp³-hybridized carbons (Fsp3) is 0.750. The smallest absolute Gasteiger partial charge is 0.123 e. The van der Waals surface area contributed by atoms with Crippen LogP contribution in [0, 0.1) is 5.89 Å². The Balaban J connectivity index is 3.00. The van der Waals surface area contributed by atoms with Crippen molar-refractivity contribution in [2.45, 2.75) is 12.7 Å². The molecule has 0 N–H and O–H groups in total. The monoisotopic (exact) mass is 75.1 g/mol. The zero-order valence-corrected chi connectivity index (χ0v) is 2.49. The van der Waals surface area contributed by atoms with Crippen LogP contribution in [0.25, 0.3) is 0 Å². The highest BCUT2D eigenvalue weighted by Gasteiger charge is 2.18. The maximum absolute atomic E-state index is 10.1. The molecule has 0 aliphatic heterocycles. The molecule has 1 saturated carbocycles. The summed E-state index contributed by atoms with van der Waals surface area (Å²) < 4.78 is 34.5. The van der Waals surface area contributed by atoms with Gasteiger partial charge >= 0.3 is 0 Å². The molecule has 0 atom stereocenters. The van der Waals surface area contributed by atoms with Gasteiger partial charge in [-0.3, -0.25) is 0 Å². The van der Waals surface area contributed by atoms with Crippen molar-refractivity contribution in [3.05, 3.63) is 0 Å². The largest absolute Gasteiger partial charge is 0.303 e. The maximum atomic E-state index is 10.1. The number of hydrogen-bond donors (Lipinski definition) is 0. The molecule has 28 valence electrons. The molecule has 5 heavy (non-hydrogen) atoms. The number of hydrogen-bond acceptors (Lipinski definition) is 1. The minimum absolute atomic E-state index is 0.0208. The van der Waals surface area contributed by atoms with Crippen LogP contribution in [0.1, 0.15) is 19.6 Å². The van der Waals surface area contributed by atoms with Crippen LogP contribution in [0.2, 0.25) is 0 Å². The summed E-state index contributed by atoms with van der Waals surface area (Å²) in [5.74, 6) is -2.18. The first-order valence-corrected chi connectivity index (χ1v) is 1.27. The van der Waals surface area contributed by atoms with E-state index in [2.05, 4.69) is 0 Å². The van der Waals surface area contributed by atoms with Crippen LogP contribution in [0.15, 0.2) is 0 Å². The van der Waals surface area contributed by atoms with E-state index >= 15 is 0 Å². The summed E-state index contributed by atoms with van der Waals surface area (Å²) in [7, 11) is 0. The van der Waals surface area contributed by atoms with Crippen molar-refractivity contribution in [2.24, 2.45) is 5.89 Å². The Morgan fingerprint density at radius 2 is 2.80 bits per heavy atom. The quantitative estimate of drug-likeness (QED) is 0.417. The zero-order valence-electron chi connectivity index (χ0n) is 7.49. The van der Waals surface area contributed by atoms with Crippen molar-refractivity contribution in [1.29, 1.82) is 0 Å². The van der Waals surface area contributed by atoms with E-state index in [1.165, 1.54) is 0 Å². The Labute approximate surface area is 38.0 Å². The Bertz CT molecular complexity index is 172. The average Bonchev–Trinajstić information content (AvgIpc) is 2.11. The number of carbonyl (C=O) groups is 1. The normalized spacial score (nSPS) is 63.6. The van der Waals surface area contributed by atoms with E-state index in [4.69, 9.17) is 6.85 Å². The van der Waals surface area contributed by atoms with Crippen molar-refractivity contribution in [2.75, 3.05) is 0 Å². The van der Waals surface area contributed by atoms with E-state index < -0.39 is 18.6 Å². The predicted molar refractivity (Wildman–Crippen MR) is 18.8 cm³/mol. The molecule has 0 aromatic rings. The molecule has 0 unspecified atom stereocenters. The second-order valence-corrected chi connectivity index (χ2v) is 0.782. The van der Waals surface area contributed by atoms with Gasteiger partial charge in [-0.1, -0.05) is 0 Å². The van der Waals surface area contributed by atoms with Crippen molar-refractivity contribution in [3.8, 4) is 0 Å². The molecule has 1 nitrogen and oxygen atoms in total. The van der Waals surface area contributed by atoms with Gasteiger partial charge in [-0.25, -0.2) is 0 Å². The van der Waals surface area contributed by atoms with Crippen LogP contribution in [0.4, 0.5) is 0 Å². The number of carbonyl (C=O) groups excluding carboxylic acids is 1. The molecule has 0 radical (unpaired) electrons. The highest BCUT2D eigenvalue weighted by molar-refractivity contribution is 5.56.